The number of rotatable bonds is 5. The number of hydrogen-bond donors (Lipinski definition) is 3. The molecule has 1 aromatic carbocycles. The van der Waals surface area contributed by atoms with Gasteiger partial charge in [-0.25, -0.2) is 4.98 Å². The number of carbonyl (C=O) groups is 4. The van der Waals surface area contributed by atoms with E-state index in [0.29, 0.717) is 12.2 Å². The van der Waals surface area contributed by atoms with Gasteiger partial charge in [-0.1, -0.05) is 0 Å². The zero-order valence-corrected chi connectivity index (χ0v) is 18.0. The van der Waals surface area contributed by atoms with Crippen LogP contribution in [0.4, 0.5) is 11.5 Å². The van der Waals surface area contributed by atoms with E-state index in [1.165, 1.54) is 0 Å². The maximum absolute atomic E-state index is 13.0. The van der Waals surface area contributed by atoms with Crippen LogP contribution in [0.25, 0.3) is 0 Å². The van der Waals surface area contributed by atoms with Gasteiger partial charge in [-0.3, -0.25) is 29.4 Å². The van der Waals surface area contributed by atoms with Crippen LogP contribution in [0.3, 0.4) is 0 Å². The lowest BCUT2D eigenvalue weighted by atomic mass is 10.0. The lowest BCUT2D eigenvalue weighted by Crippen LogP contribution is -2.54. The van der Waals surface area contributed by atoms with Crippen LogP contribution in [0.2, 0.25) is 0 Å². The van der Waals surface area contributed by atoms with E-state index < -0.39 is 29.7 Å². The highest BCUT2D eigenvalue weighted by Gasteiger charge is 2.44. The van der Waals surface area contributed by atoms with Crippen LogP contribution in [-0.4, -0.2) is 65.7 Å². The molecular formula is C23H24N6O4. The third-order valence-corrected chi connectivity index (χ3v) is 6.19. The third kappa shape index (κ3) is 4.05. The Morgan fingerprint density at radius 1 is 1.00 bits per heavy atom. The molecule has 10 nitrogen and oxygen atoms in total. The molecule has 3 aliphatic rings. The van der Waals surface area contributed by atoms with E-state index in [4.69, 9.17) is 0 Å². The molecular weight excluding hydrogens is 424 g/mol. The first-order valence-electron chi connectivity index (χ1n) is 11.0. The Labute approximate surface area is 190 Å². The van der Waals surface area contributed by atoms with E-state index in [-0.39, 0.29) is 24.0 Å². The molecule has 1 aromatic heterocycles. The first-order valence-corrected chi connectivity index (χ1v) is 11.0. The van der Waals surface area contributed by atoms with E-state index in [1.54, 1.807) is 24.4 Å². The van der Waals surface area contributed by atoms with Gasteiger partial charge in [0, 0.05) is 51.0 Å². The molecule has 0 bridgehead atoms. The fourth-order valence-corrected chi connectivity index (χ4v) is 4.42. The van der Waals surface area contributed by atoms with Crippen molar-refractivity contribution in [2.75, 3.05) is 36.4 Å². The minimum absolute atomic E-state index is 0.0957. The van der Waals surface area contributed by atoms with Gasteiger partial charge in [-0.15, -0.1) is 0 Å². The summed E-state index contributed by atoms with van der Waals surface area (Å²) < 4.78 is 0. The van der Waals surface area contributed by atoms with Gasteiger partial charge >= 0.3 is 0 Å². The smallest absolute Gasteiger partial charge is 0.262 e. The molecule has 3 aliphatic heterocycles. The molecule has 0 saturated carbocycles. The van der Waals surface area contributed by atoms with Crippen molar-refractivity contribution in [1.29, 1.82) is 0 Å². The lowest BCUT2D eigenvalue weighted by Gasteiger charge is -2.28. The Morgan fingerprint density at radius 2 is 1.79 bits per heavy atom. The van der Waals surface area contributed by atoms with Crippen LogP contribution in [0.5, 0.6) is 0 Å². The van der Waals surface area contributed by atoms with E-state index in [9.17, 15) is 19.2 Å². The number of piperazine rings is 1. The van der Waals surface area contributed by atoms with E-state index in [1.807, 2.05) is 12.1 Å². The van der Waals surface area contributed by atoms with Gasteiger partial charge in [-0.2, -0.15) is 0 Å². The topological polar surface area (TPSA) is 124 Å². The summed E-state index contributed by atoms with van der Waals surface area (Å²) in [5.41, 5.74) is 2.26. The standard InChI is InChI=1S/C23H24N6O4/c30-20-4-3-18(21(31)27-20)29-22(32)16-2-1-15(12-17(16)23(29)33)26-13-14-5-6-25-19(11-14)28-9-7-24-8-10-28/h1-2,5-6,11-12,18,24,26H,3-4,7-10,13H2,(H,27,30,31). The number of nitrogens with zero attached hydrogens (tertiary/aromatic N) is 3. The molecule has 10 heteroatoms. The number of carbonyl (C=O) groups excluding carboxylic acids is 4. The molecule has 3 N–H and O–H groups in total. The maximum atomic E-state index is 13.0. The summed E-state index contributed by atoms with van der Waals surface area (Å²) in [7, 11) is 0. The average Bonchev–Trinajstić information content (AvgIpc) is 3.08. The second-order valence-corrected chi connectivity index (χ2v) is 8.32. The van der Waals surface area contributed by atoms with Crippen LogP contribution in [0, 0.1) is 0 Å². The maximum Gasteiger partial charge on any atom is 0.262 e. The second-order valence-electron chi connectivity index (χ2n) is 8.32. The summed E-state index contributed by atoms with van der Waals surface area (Å²) in [5, 5.41) is 8.83. The van der Waals surface area contributed by atoms with Gasteiger partial charge in [0.1, 0.15) is 11.9 Å². The molecule has 0 spiro atoms. The fraction of sp³-hybridized carbons (Fsp3) is 0.348. The summed E-state index contributed by atoms with van der Waals surface area (Å²) >= 11 is 0. The van der Waals surface area contributed by atoms with Gasteiger partial charge in [0.05, 0.1) is 11.1 Å². The van der Waals surface area contributed by atoms with Crippen molar-refractivity contribution in [1.82, 2.24) is 20.5 Å². The van der Waals surface area contributed by atoms with Crippen LogP contribution >= 0.6 is 0 Å². The van der Waals surface area contributed by atoms with Gasteiger partial charge < -0.3 is 15.5 Å². The summed E-state index contributed by atoms with van der Waals surface area (Å²) in [4.78, 5) is 57.1. The number of benzene rings is 1. The molecule has 0 radical (unpaired) electrons. The van der Waals surface area contributed by atoms with Crippen LogP contribution in [-0.2, 0) is 16.1 Å². The first-order chi connectivity index (χ1) is 16.0. The number of nitrogens with one attached hydrogen (secondary N) is 3. The fourth-order valence-electron chi connectivity index (χ4n) is 4.42. The monoisotopic (exact) mass is 448 g/mol. The highest BCUT2D eigenvalue weighted by molar-refractivity contribution is 6.23. The van der Waals surface area contributed by atoms with Gasteiger partial charge in [0.25, 0.3) is 11.8 Å². The molecule has 170 valence electrons. The molecule has 2 aromatic rings. The highest BCUT2D eigenvalue weighted by atomic mass is 16.2. The second kappa shape index (κ2) is 8.62. The van der Waals surface area contributed by atoms with E-state index in [0.717, 1.165) is 42.5 Å². The van der Waals surface area contributed by atoms with Crippen molar-refractivity contribution >= 4 is 35.1 Å². The van der Waals surface area contributed by atoms with Crippen molar-refractivity contribution in [3.05, 3.63) is 53.2 Å². The molecule has 0 aliphatic carbocycles. The Hall–Kier alpha value is -3.79. The van der Waals surface area contributed by atoms with Gasteiger partial charge in [-0.05, 0) is 42.3 Å². The molecule has 2 fully saturated rings. The summed E-state index contributed by atoms with van der Waals surface area (Å²) in [6, 6.07) is 8.00. The van der Waals surface area contributed by atoms with Crippen molar-refractivity contribution in [3.8, 4) is 0 Å². The SMILES string of the molecule is O=C1CCC(N2C(=O)c3ccc(NCc4ccnc(N5CCNCC5)c4)cc3C2=O)C(=O)N1. The Bertz CT molecular complexity index is 1140. The number of pyridine rings is 1. The number of anilines is 2. The van der Waals surface area contributed by atoms with Crippen LogP contribution in [0.1, 0.15) is 39.1 Å². The van der Waals surface area contributed by atoms with E-state index in [2.05, 4.69) is 25.8 Å². The molecule has 4 heterocycles. The Kier molecular flexibility index (Phi) is 5.51. The Balaban J connectivity index is 1.29. The van der Waals surface area contributed by atoms with Gasteiger partial charge in [0.2, 0.25) is 11.8 Å². The van der Waals surface area contributed by atoms with Crippen LogP contribution < -0.4 is 20.9 Å². The first kappa shape index (κ1) is 21.1. The quantitative estimate of drug-likeness (QED) is 0.565. The van der Waals surface area contributed by atoms with Crippen molar-refractivity contribution in [3.63, 3.8) is 0 Å². The average molecular weight is 448 g/mol. The normalized spacial score (nSPS) is 20.7. The lowest BCUT2D eigenvalue weighted by molar-refractivity contribution is -0.136. The molecule has 4 amide bonds. The summed E-state index contributed by atoms with van der Waals surface area (Å²) in [5.74, 6) is -1.10. The highest BCUT2D eigenvalue weighted by Crippen LogP contribution is 2.29. The minimum atomic E-state index is -0.966. The molecule has 33 heavy (non-hydrogen) atoms. The minimum Gasteiger partial charge on any atom is -0.381 e. The Morgan fingerprint density at radius 3 is 2.58 bits per heavy atom. The van der Waals surface area contributed by atoms with Crippen LogP contribution in [0.15, 0.2) is 36.5 Å². The molecule has 1 atom stereocenters. The number of aromatic nitrogens is 1. The van der Waals surface area contributed by atoms with Crippen molar-refractivity contribution in [2.24, 2.45) is 0 Å². The predicted molar refractivity (Wildman–Crippen MR) is 120 cm³/mol. The summed E-state index contributed by atoms with van der Waals surface area (Å²) in [6.45, 7) is 4.21. The largest absolute Gasteiger partial charge is 0.381 e. The zero-order chi connectivity index (χ0) is 22.9. The number of piperidine rings is 1. The number of hydrogen-bond acceptors (Lipinski definition) is 8. The molecule has 5 rings (SSSR count). The van der Waals surface area contributed by atoms with Gasteiger partial charge in [0.15, 0.2) is 0 Å². The summed E-state index contributed by atoms with van der Waals surface area (Å²) in [6.07, 6.45) is 2.02. The predicted octanol–water partition coefficient (Wildman–Crippen LogP) is 0.505. The van der Waals surface area contributed by atoms with Crippen molar-refractivity contribution in [2.45, 2.75) is 25.4 Å². The number of amides is 4. The number of fused-ring (bicyclic) bond motifs is 1. The van der Waals surface area contributed by atoms with E-state index >= 15 is 0 Å². The molecule has 1 unspecified atom stereocenters. The zero-order valence-electron chi connectivity index (χ0n) is 18.0. The molecule has 2 saturated heterocycles. The number of imide groups is 2. The third-order valence-electron chi connectivity index (χ3n) is 6.19. The van der Waals surface area contributed by atoms with Crippen molar-refractivity contribution < 1.29 is 19.2 Å².